The van der Waals surface area contributed by atoms with E-state index in [0.717, 1.165) is 18.3 Å². The van der Waals surface area contributed by atoms with Crippen molar-refractivity contribution in [2.24, 2.45) is 17.8 Å². The lowest BCUT2D eigenvalue weighted by Gasteiger charge is -2.34. The molecular formula is C15H24ClNS. The van der Waals surface area contributed by atoms with Crippen LogP contribution in [0.3, 0.4) is 0 Å². The number of aromatic nitrogens is 1. The fourth-order valence-corrected chi connectivity index (χ4v) is 4.28. The number of hydrogen-bond donors (Lipinski definition) is 0. The van der Waals surface area contributed by atoms with Crippen LogP contribution in [0.5, 0.6) is 0 Å². The van der Waals surface area contributed by atoms with Crippen LogP contribution in [-0.2, 0) is 6.42 Å². The van der Waals surface area contributed by atoms with Crippen molar-refractivity contribution in [1.82, 2.24) is 4.98 Å². The summed E-state index contributed by atoms with van der Waals surface area (Å²) in [6, 6.07) is 0. The number of hydrogen-bond acceptors (Lipinski definition) is 2. The van der Waals surface area contributed by atoms with E-state index in [9.17, 15) is 0 Å². The van der Waals surface area contributed by atoms with Crippen LogP contribution in [0.2, 0.25) is 0 Å². The van der Waals surface area contributed by atoms with Gasteiger partial charge in [-0.1, -0.05) is 13.8 Å². The van der Waals surface area contributed by atoms with Gasteiger partial charge in [-0.15, -0.1) is 22.9 Å². The van der Waals surface area contributed by atoms with Crippen molar-refractivity contribution in [1.29, 1.82) is 0 Å². The van der Waals surface area contributed by atoms with E-state index in [-0.39, 0.29) is 0 Å². The van der Waals surface area contributed by atoms with Crippen LogP contribution < -0.4 is 0 Å². The summed E-state index contributed by atoms with van der Waals surface area (Å²) in [4.78, 5) is 6.02. The fraction of sp³-hybridized carbons (Fsp3) is 0.800. The van der Waals surface area contributed by atoms with Gasteiger partial charge >= 0.3 is 0 Å². The number of nitrogens with zero attached hydrogens (tertiary/aromatic N) is 1. The van der Waals surface area contributed by atoms with Gasteiger partial charge in [0.1, 0.15) is 0 Å². The van der Waals surface area contributed by atoms with Gasteiger partial charge in [-0.3, -0.25) is 0 Å². The molecule has 0 amide bonds. The molecule has 2 rings (SSSR count). The van der Waals surface area contributed by atoms with Gasteiger partial charge in [-0.25, -0.2) is 4.98 Å². The maximum absolute atomic E-state index is 6.53. The van der Waals surface area contributed by atoms with E-state index in [4.69, 9.17) is 11.6 Å². The predicted octanol–water partition coefficient (Wildman–Crippen LogP) is 4.98. The maximum atomic E-state index is 6.53. The summed E-state index contributed by atoms with van der Waals surface area (Å²) in [5.74, 6) is 2.27. The summed E-state index contributed by atoms with van der Waals surface area (Å²) in [6.45, 7) is 8.94. The van der Waals surface area contributed by atoms with E-state index in [2.05, 4.69) is 32.7 Å². The summed E-state index contributed by atoms with van der Waals surface area (Å²) in [6.07, 6.45) is 4.84. The Morgan fingerprint density at radius 1 is 1.33 bits per heavy atom. The minimum absolute atomic E-state index is 0.351. The lowest BCUT2D eigenvalue weighted by atomic mass is 9.75. The lowest BCUT2D eigenvalue weighted by molar-refractivity contribution is 0.218. The average molecular weight is 286 g/mol. The molecule has 3 unspecified atom stereocenters. The van der Waals surface area contributed by atoms with Crippen molar-refractivity contribution in [2.75, 3.05) is 0 Å². The third-order valence-electron chi connectivity index (χ3n) is 4.38. The molecule has 1 aliphatic carbocycles. The number of thiazole rings is 1. The van der Waals surface area contributed by atoms with E-state index in [1.165, 1.54) is 34.8 Å². The number of rotatable bonds is 3. The molecule has 0 radical (unpaired) electrons. The second-order valence-corrected chi connectivity index (χ2v) is 7.89. The lowest BCUT2D eigenvalue weighted by Crippen LogP contribution is -2.29. The van der Waals surface area contributed by atoms with Crippen molar-refractivity contribution >= 4 is 22.9 Å². The molecule has 1 saturated carbocycles. The number of alkyl halides is 1. The van der Waals surface area contributed by atoms with Crippen LogP contribution in [-0.4, -0.2) is 10.4 Å². The molecule has 1 nitrogen and oxygen atoms in total. The Labute approximate surface area is 120 Å². The minimum Gasteiger partial charge on any atom is -0.246 e. The first kappa shape index (κ1) is 14.3. The Morgan fingerprint density at radius 3 is 2.61 bits per heavy atom. The Balaban J connectivity index is 2.02. The van der Waals surface area contributed by atoms with Gasteiger partial charge in [0, 0.05) is 16.7 Å². The quantitative estimate of drug-likeness (QED) is 0.714. The molecule has 1 aromatic rings. The third-order valence-corrected chi connectivity index (χ3v) is 6.05. The average Bonchev–Trinajstić information content (AvgIpc) is 2.61. The van der Waals surface area contributed by atoms with Crippen molar-refractivity contribution < 1.29 is 0 Å². The normalized spacial score (nSPS) is 28.9. The number of aryl methyl sites for hydroxylation is 2. The van der Waals surface area contributed by atoms with E-state index < -0.39 is 0 Å². The van der Waals surface area contributed by atoms with Gasteiger partial charge in [-0.2, -0.15) is 0 Å². The Hall–Kier alpha value is -0.0800. The van der Waals surface area contributed by atoms with Crippen LogP contribution in [0, 0.1) is 31.6 Å². The molecule has 3 heteroatoms. The summed E-state index contributed by atoms with van der Waals surface area (Å²) >= 11 is 8.38. The summed E-state index contributed by atoms with van der Waals surface area (Å²) in [5.41, 5.74) is 1.19. The molecule has 0 spiro atoms. The highest BCUT2D eigenvalue weighted by atomic mass is 35.5. The molecule has 102 valence electrons. The van der Waals surface area contributed by atoms with Gasteiger partial charge in [0.15, 0.2) is 0 Å². The summed E-state index contributed by atoms with van der Waals surface area (Å²) in [7, 11) is 0. The molecule has 0 N–H and O–H groups in total. The zero-order chi connectivity index (χ0) is 13.3. The molecule has 18 heavy (non-hydrogen) atoms. The zero-order valence-corrected chi connectivity index (χ0v) is 13.4. The van der Waals surface area contributed by atoms with Gasteiger partial charge in [0.05, 0.1) is 10.7 Å². The molecule has 1 heterocycles. The van der Waals surface area contributed by atoms with Crippen molar-refractivity contribution in [2.45, 2.75) is 58.8 Å². The van der Waals surface area contributed by atoms with Crippen molar-refractivity contribution in [3.63, 3.8) is 0 Å². The molecule has 1 aromatic heterocycles. The van der Waals surface area contributed by atoms with Crippen LogP contribution in [0.4, 0.5) is 0 Å². The van der Waals surface area contributed by atoms with Crippen LogP contribution in [0.15, 0.2) is 0 Å². The zero-order valence-electron chi connectivity index (χ0n) is 11.9. The van der Waals surface area contributed by atoms with E-state index in [1.54, 1.807) is 0 Å². The van der Waals surface area contributed by atoms with E-state index in [0.29, 0.717) is 11.3 Å². The first-order valence-corrected chi connectivity index (χ1v) is 8.29. The minimum atomic E-state index is 0.351. The maximum Gasteiger partial charge on any atom is 0.0934 e. The monoisotopic (exact) mass is 285 g/mol. The van der Waals surface area contributed by atoms with E-state index >= 15 is 0 Å². The standard InChI is InChI=1S/C15H24ClNS/c1-9(2)12-5-6-14(16)13(7-12)8-15-17-10(3)11(4)18-15/h9,12-14H,5-8H2,1-4H3. The Bertz CT molecular complexity index is 380. The van der Waals surface area contributed by atoms with Crippen LogP contribution in [0.25, 0.3) is 0 Å². The molecule has 1 aliphatic rings. The molecule has 0 aliphatic heterocycles. The molecular weight excluding hydrogens is 262 g/mol. The number of halogens is 1. The summed E-state index contributed by atoms with van der Waals surface area (Å²) in [5, 5.41) is 1.63. The third kappa shape index (κ3) is 3.27. The van der Waals surface area contributed by atoms with Crippen LogP contribution >= 0.6 is 22.9 Å². The van der Waals surface area contributed by atoms with Gasteiger partial charge in [0.2, 0.25) is 0 Å². The van der Waals surface area contributed by atoms with Gasteiger partial charge < -0.3 is 0 Å². The predicted molar refractivity (Wildman–Crippen MR) is 80.6 cm³/mol. The Kier molecular flexibility index (Phi) is 4.71. The largest absolute Gasteiger partial charge is 0.246 e. The molecule has 1 fully saturated rings. The van der Waals surface area contributed by atoms with Gasteiger partial charge in [0.25, 0.3) is 0 Å². The topological polar surface area (TPSA) is 12.9 Å². The first-order valence-electron chi connectivity index (χ1n) is 7.04. The molecule has 0 bridgehead atoms. The van der Waals surface area contributed by atoms with E-state index in [1.807, 2.05) is 11.3 Å². The fourth-order valence-electron chi connectivity index (χ4n) is 2.93. The van der Waals surface area contributed by atoms with Gasteiger partial charge in [-0.05, 0) is 50.9 Å². The highest BCUT2D eigenvalue weighted by Crippen LogP contribution is 2.38. The molecule has 0 saturated heterocycles. The smallest absolute Gasteiger partial charge is 0.0934 e. The first-order chi connectivity index (χ1) is 8.47. The second kappa shape index (κ2) is 5.92. The summed E-state index contributed by atoms with van der Waals surface area (Å²) < 4.78 is 0. The highest BCUT2D eigenvalue weighted by molar-refractivity contribution is 7.11. The second-order valence-electron chi connectivity index (χ2n) is 6.05. The van der Waals surface area contributed by atoms with Crippen LogP contribution in [0.1, 0.15) is 48.7 Å². The molecule has 0 aromatic carbocycles. The van der Waals surface area contributed by atoms with Crippen molar-refractivity contribution in [3.05, 3.63) is 15.6 Å². The molecule has 3 atom stereocenters. The van der Waals surface area contributed by atoms with Crippen molar-refractivity contribution in [3.8, 4) is 0 Å². The Morgan fingerprint density at radius 2 is 2.06 bits per heavy atom. The highest BCUT2D eigenvalue weighted by Gasteiger charge is 2.31. The SMILES string of the molecule is Cc1nc(CC2CC(C(C)C)CCC2Cl)sc1C.